The molecule has 38 heteroatoms. The lowest BCUT2D eigenvalue weighted by molar-refractivity contribution is -0.140. The predicted octanol–water partition coefficient (Wildman–Crippen LogP) is -3.55. The van der Waals surface area contributed by atoms with E-state index >= 15 is 0 Å². The van der Waals surface area contributed by atoms with Gasteiger partial charge in [0.05, 0.1) is 51.3 Å². The molecule has 109 heavy (non-hydrogen) atoms. The Labute approximate surface area is 632 Å². The van der Waals surface area contributed by atoms with E-state index in [-0.39, 0.29) is 122 Å². The van der Waals surface area contributed by atoms with Gasteiger partial charge >= 0.3 is 17.9 Å². The molecule has 0 saturated carbocycles. The van der Waals surface area contributed by atoms with Crippen LogP contribution in [-0.4, -0.2) is 285 Å². The van der Waals surface area contributed by atoms with Crippen molar-refractivity contribution in [2.75, 3.05) is 109 Å². The van der Waals surface area contributed by atoms with Crippen LogP contribution in [0.4, 0.5) is 5.69 Å². The highest BCUT2D eigenvalue weighted by Crippen LogP contribution is 2.20. The normalized spacial score (nSPS) is 15.2. The molecule has 0 radical (unpaired) electrons. The van der Waals surface area contributed by atoms with Crippen LogP contribution < -0.4 is 64.6 Å². The minimum absolute atomic E-state index is 0.0123. The molecule has 5 aromatic rings. The van der Waals surface area contributed by atoms with Gasteiger partial charge in [-0.2, -0.15) is 11.8 Å². The number of carbonyl (C=O) groups excluding carboxylic acids is 12. The number of aliphatic carboxylic acids is 3. The Morgan fingerprint density at radius 1 is 0.514 bits per heavy atom. The number of carboxylic acid groups (broad SMARTS) is 3. The molecule has 1 fully saturated rings. The van der Waals surface area contributed by atoms with Crippen molar-refractivity contribution in [3.8, 4) is 0 Å². The molecule has 0 unspecified atom stereocenters. The van der Waals surface area contributed by atoms with Crippen LogP contribution in [0, 0.1) is 5.92 Å². The van der Waals surface area contributed by atoms with Gasteiger partial charge in [-0.25, -0.2) is 4.98 Å². The summed E-state index contributed by atoms with van der Waals surface area (Å²) in [7, 11) is 0. The summed E-state index contributed by atoms with van der Waals surface area (Å²) >= 11 is 1.44. The van der Waals surface area contributed by atoms with E-state index in [9.17, 15) is 87.2 Å². The van der Waals surface area contributed by atoms with Crippen LogP contribution in [0.2, 0.25) is 0 Å². The van der Waals surface area contributed by atoms with E-state index in [0.717, 1.165) is 0 Å². The molecule has 3 aromatic carbocycles. The summed E-state index contributed by atoms with van der Waals surface area (Å²) in [5, 5.41) is 55.3. The number of hydrogen-bond donors (Lipinski definition) is 17. The smallest absolute Gasteiger partial charge is 0.317 e. The zero-order chi connectivity index (χ0) is 79.7. The number of para-hydroxylation sites is 1. The summed E-state index contributed by atoms with van der Waals surface area (Å²) in [6.45, 7) is 3.34. The van der Waals surface area contributed by atoms with Crippen molar-refractivity contribution < 1.29 is 87.2 Å². The Kier molecular flexibility index (Phi) is 35.0. The number of thioether (sulfide) groups is 1. The summed E-state index contributed by atoms with van der Waals surface area (Å²) in [6.07, 6.45) is 5.41. The van der Waals surface area contributed by atoms with Gasteiger partial charge in [0, 0.05) is 113 Å². The summed E-state index contributed by atoms with van der Waals surface area (Å²) in [4.78, 5) is 215. The number of benzene rings is 3. The van der Waals surface area contributed by atoms with Crippen LogP contribution in [0.5, 0.6) is 0 Å². The standard InChI is InChI=1S/C71H97N19O18S/c1-42(2)63(71(108)77-36-58(93)81-55(32-48-34-74-41-78-48)70(107)84-53(30-44-10-6-5-7-11-44)69(106)82-51(64(73)101)20-29-109-4)86-65(102)43(3)79-68(105)54(31-46-33-75-50-13-9-8-12-49(46)50)85-67(104)52(18-19-56(72)91)83-66(103)45-14-16-47(17-15-45)80-57(92)35-76-59(94)37-87-21-23-88(38-60(95)96)25-27-90(40-62(99)100)28-26-89(24-22-87)39-61(97)98/h5-17,33-34,41-43,51-55,63,75H,18-32,35-40H2,1-4H3,(H2,72,91)(H2,73,101)(H,74,78)(H,76,94)(H,77,108)(H,79,105)(H,80,92)(H,81,93)(H,82,106)(H,83,103)(H,84,107)(H,85,104)(H,86,102)(H,95,96)(H,97,98)(H,99,100)/t43-,51-,52-,53-,54-,55-,63-/m0/s1. The molecule has 1 aliphatic heterocycles. The highest BCUT2D eigenvalue weighted by Gasteiger charge is 2.35. The molecule has 2 aromatic heterocycles. The van der Waals surface area contributed by atoms with Crippen molar-refractivity contribution in [3.05, 3.63) is 120 Å². The molecule has 0 spiro atoms. The van der Waals surface area contributed by atoms with E-state index in [0.29, 0.717) is 33.5 Å². The second-order valence-electron chi connectivity index (χ2n) is 26.4. The van der Waals surface area contributed by atoms with Gasteiger partial charge in [-0.1, -0.05) is 62.4 Å². The quantitative estimate of drug-likeness (QED) is 0.0180. The van der Waals surface area contributed by atoms with Crippen molar-refractivity contribution in [2.45, 2.75) is 102 Å². The van der Waals surface area contributed by atoms with Gasteiger partial charge in [0.2, 0.25) is 65.0 Å². The Balaban J connectivity index is 1.07. The number of fused-ring (bicyclic) bond motifs is 1. The first-order chi connectivity index (χ1) is 51.9. The lowest BCUT2D eigenvalue weighted by Crippen LogP contribution is -2.59. The van der Waals surface area contributed by atoms with E-state index in [2.05, 4.69) is 68.1 Å². The summed E-state index contributed by atoms with van der Waals surface area (Å²) in [5.41, 5.74) is 13.5. The van der Waals surface area contributed by atoms with Gasteiger partial charge < -0.3 is 89.9 Å². The molecule has 0 aliphatic carbocycles. The van der Waals surface area contributed by atoms with Crippen molar-refractivity contribution in [3.63, 3.8) is 0 Å². The molecule has 3 heterocycles. The number of anilines is 1. The van der Waals surface area contributed by atoms with Crippen LogP contribution in [0.3, 0.4) is 0 Å². The van der Waals surface area contributed by atoms with Gasteiger partial charge in [0.1, 0.15) is 42.3 Å². The van der Waals surface area contributed by atoms with Crippen LogP contribution >= 0.6 is 11.8 Å². The maximum Gasteiger partial charge on any atom is 0.317 e. The van der Waals surface area contributed by atoms with E-state index < -0.39 is 157 Å². The number of carboxylic acids is 3. The van der Waals surface area contributed by atoms with Crippen molar-refractivity contribution >= 4 is 117 Å². The van der Waals surface area contributed by atoms with E-state index in [1.54, 1.807) is 94.2 Å². The molecule has 0 bridgehead atoms. The fraction of sp³-hybridized carbons (Fsp3) is 0.465. The van der Waals surface area contributed by atoms with Crippen molar-refractivity contribution in [1.29, 1.82) is 0 Å². The van der Waals surface area contributed by atoms with Gasteiger partial charge in [0.15, 0.2) is 0 Å². The number of nitrogens with two attached hydrogens (primary N) is 2. The Bertz CT molecular complexity index is 3930. The van der Waals surface area contributed by atoms with Crippen LogP contribution in [0.25, 0.3) is 10.9 Å². The van der Waals surface area contributed by atoms with Crippen molar-refractivity contribution in [1.82, 2.24) is 82.4 Å². The summed E-state index contributed by atoms with van der Waals surface area (Å²) < 4.78 is 0. The van der Waals surface area contributed by atoms with E-state index in [1.165, 1.54) is 55.5 Å². The average Bonchev–Trinajstić information content (AvgIpc) is 1.71. The lowest BCUT2D eigenvalue weighted by Gasteiger charge is -2.32. The van der Waals surface area contributed by atoms with Gasteiger partial charge in [-0.15, -0.1) is 0 Å². The first-order valence-corrected chi connectivity index (χ1v) is 36.6. The number of aromatic nitrogens is 3. The number of hydrogen-bond acceptors (Lipinski definition) is 21. The monoisotopic (exact) mass is 1540 g/mol. The number of nitrogens with one attached hydrogen (secondary N) is 12. The number of amides is 12. The largest absolute Gasteiger partial charge is 0.480 e. The topological polar surface area (TPSA) is 547 Å². The Morgan fingerprint density at radius 3 is 1.58 bits per heavy atom. The fourth-order valence-electron chi connectivity index (χ4n) is 11.6. The number of H-pyrrole nitrogens is 2. The number of nitrogens with zero attached hydrogens (tertiary/aromatic N) is 5. The first-order valence-electron chi connectivity index (χ1n) is 35.2. The maximum absolute atomic E-state index is 14.5. The molecule has 12 amide bonds. The first kappa shape index (κ1) is 86.6. The molecule has 1 saturated heterocycles. The Hall–Kier alpha value is -11.3. The van der Waals surface area contributed by atoms with Gasteiger partial charge in [-0.3, -0.25) is 91.5 Å². The Morgan fingerprint density at radius 2 is 1.04 bits per heavy atom. The number of rotatable bonds is 41. The van der Waals surface area contributed by atoms with Gasteiger partial charge in [-0.05, 0) is 79.2 Å². The van der Waals surface area contributed by atoms with Crippen LogP contribution in [0.1, 0.15) is 67.2 Å². The zero-order valence-electron chi connectivity index (χ0n) is 61.0. The molecule has 37 nitrogen and oxygen atoms in total. The second-order valence-corrected chi connectivity index (χ2v) is 27.4. The highest BCUT2D eigenvalue weighted by atomic mass is 32.2. The SMILES string of the molecule is CSCC[C@H](NC(=O)[C@H](Cc1ccccc1)NC(=O)[C@H](Cc1c[nH]cn1)NC(=O)CNC(=O)[C@@H](NC(=O)[C@H](C)NC(=O)[C@H](Cc1c[nH]c2ccccc12)NC(=O)[C@H](CCC(N)=O)NC(=O)c1ccc(NC(=O)CNC(=O)CN2CCN(CC(=O)O)CCN(CC(=O)O)CCN(CC(=O)O)CC2)cc1)C(C)C)C(N)=O. The molecule has 19 N–H and O–H groups in total. The molecule has 7 atom stereocenters. The molecule has 6 rings (SSSR count). The molecule has 1 aliphatic rings. The molecular weight excluding hydrogens is 1440 g/mol. The average molecular weight is 1540 g/mol. The minimum Gasteiger partial charge on any atom is -0.480 e. The second kappa shape index (κ2) is 44.1. The van der Waals surface area contributed by atoms with E-state index in [1.807, 2.05) is 6.26 Å². The minimum atomic E-state index is -1.51. The zero-order valence-corrected chi connectivity index (χ0v) is 61.8. The summed E-state index contributed by atoms with van der Waals surface area (Å²) in [6, 6.07) is 11.8. The third-order valence-corrected chi connectivity index (χ3v) is 18.2. The third-order valence-electron chi connectivity index (χ3n) is 17.5. The number of imidazole rings is 1. The number of carbonyl (C=O) groups is 15. The number of primary amides is 2. The van der Waals surface area contributed by atoms with Crippen LogP contribution in [0.15, 0.2) is 97.6 Å². The van der Waals surface area contributed by atoms with Crippen LogP contribution in [-0.2, 0) is 86.4 Å². The lowest BCUT2D eigenvalue weighted by atomic mass is 10.0. The highest BCUT2D eigenvalue weighted by molar-refractivity contribution is 7.98. The molecular formula is C71H97N19O18S. The fourth-order valence-corrected chi connectivity index (χ4v) is 12.1. The van der Waals surface area contributed by atoms with E-state index in [4.69, 9.17) is 11.5 Å². The van der Waals surface area contributed by atoms with Gasteiger partial charge in [0.25, 0.3) is 5.91 Å². The third kappa shape index (κ3) is 30.4. The maximum atomic E-state index is 14.5. The molecule has 590 valence electrons. The number of aromatic amines is 2. The van der Waals surface area contributed by atoms with Crippen molar-refractivity contribution in [2.24, 2.45) is 17.4 Å². The summed E-state index contributed by atoms with van der Waals surface area (Å²) in [5.74, 6) is -13.0. The predicted molar refractivity (Wildman–Crippen MR) is 398 cm³/mol.